The van der Waals surface area contributed by atoms with Crippen LogP contribution >= 0.6 is 0 Å². The minimum Gasteiger partial charge on any atom is -0.370 e. The first-order chi connectivity index (χ1) is 8.56. The summed E-state index contributed by atoms with van der Waals surface area (Å²) in [5.74, 6) is 0.932. The summed E-state index contributed by atoms with van der Waals surface area (Å²) >= 11 is 0. The van der Waals surface area contributed by atoms with E-state index in [0.29, 0.717) is 0 Å². The number of hydrogen-bond donors (Lipinski definition) is 3. The average molecular weight is 248 g/mol. The summed E-state index contributed by atoms with van der Waals surface area (Å²) in [6.45, 7) is 6.05. The standard InChI is InChI=1S/C12H20N6/c1-9-10(16-12(13)14)3-4-11(15-9)18-7-5-17(2)6-8-18/h3-4H,5-8H2,1-2H3,(H4,13,14,16). The van der Waals surface area contributed by atoms with Crippen molar-refractivity contribution in [3.8, 4) is 0 Å². The predicted molar refractivity (Wildman–Crippen MR) is 74.2 cm³/mol. The molecule has 0 radical (unpaired) electrons. The predicted octanol–water partition coefficient (Wildman–Crippen LogP) is 0.447. The lowest BCUT2D eigenvalue weighted by Crippen LogP contribution is -2.44. The largest absolute Gasteiger partial charge is 0.370 e. The Hall–Kier alpha value is -1.82. The lowest BCUT2D eigenvalue weighted by molar-refractivity contribution is 0.312. The molecule has 1 fully saturated rings. The van der Waals surface area contributed by atoms with Crippen molar-refractivity contribution in [1.82, 2.24) is 9.88 Å². The fourth-order valence-corrected chi connectivity index (χ4v) is 2.04. The lowest BCUT2D eigenvalue weighted by atomic mass is 10.2. The fourth-order valence-electron chi connectivity index (χ4n) is 2.04. The normalized spacial score (nSPS) is 16.7. The molecule has 0 bridgehead atoms. The molecule has 4 N–H and O–H groups in total. The summed E-state index contributed by atoms with van der Waals surface area (Å²) in [5.41, 5.74) is 6.97. The van der Waals surface area contributed by atoms with E-state index in [1.54, 1.807) is 0 Å². The topological polar surface area (TPSA) is 81.3 Å². The molecule has 6 heteroatoms. The number of anilines is 2. The number of nitrogens with zero attached hydrogens (tertiary/aromatic N) is 3. The zero-order valence-corrected chi connectivity index (χ0v) is 10.9. The van der Waals surface area contributed by atoms with Crippen molar-refractivity contribution in [2.24, 2.45) is 5.73 Å². The molecule has 0 amide bonds. The van der Waals surface area contributed by atoms with E-state index < -0.39 is 0 Å². The van der Waals surface area contributed by atoms with Crippen LogP contribution in [-0.4, -0.2) is 49.1 Å². The van der Waals surface area contributed by atoms with Crippen LogP contribution in [0, 0.1) is 12.3 Å². The zero-order valence-electron chi connectivity index (χ0n) is 10.9. The highest BCUT2D eigenvalue weighted by molar-refractivity contribution is 5.90. The van der Waals surface area contributed by atoms with Crippen LogP contribution in [0.5, 0.6) is 0 Å². The molecule has 1 aromatic rings. The lowest BCUT2D eigenvalue weighted by Gasteiger charge is -2.33. The molecule has 98 valence electrons. The van der Waals surface area contributed by atoms with Gasteiger partial charge in [0.1, 0.15) is 5.82 Å². The van der Waals surface area contributed by atoms with Gasteiger partial charge in [0.25, 0.3) is 0 Å². The summed E-state index contributed by atoms with van der Waals surface area (Å²) in [6, 6.07) is 3.90. The van der Waals surface area contributed by atoms with Crippen LogP contribution in [0.2, 0.25) is 0 Å². The van der Waals surface area contributed by atoms with Gasteiger partial charge in [-0.2, -0.15) is 0 Å². The number of pyridine rings is 1. The molecular weight excluding hydrogens is 228 g/mol. The van der Waals surface area contributed by atoms with Gasteiger partial charge in [-0.3, -0.25) is 5.41 Å². The Morgan fingerprint density at radius 3 is 2.56 bits per heavy atom. The molecule has 2 heterocycles. The Kier molecular flexibility index (Phi) is 3.66. The van der Waals surface area contributed by atoms with Crippen LogP contribution in [-0.2, 0) is 0 Å². The molecule has 0 aliphatic carbocycles. The molecule has 0 aromatic carbocycles. The Labute approximate surface area is 107 Å². The number of aryl methyl sites for hydroxylation is 1. The third kappa shape index (κ3) is 2.89. The Morgan fingerprint density at radius 1 is 1.33 bits per heavy atom. The Balaban J connectivity index is 2.11. The monoisotopic (exact) mass is 248 g/mol. The summed E-state index contributed by atoms with van der Waals surface area (Å²) in [7, 11) is 2.13. The van der Waals surface area contributed by atoms with Crippen LogP contribution in [0.3, 0.4) is 0 Å². The number of likely N-dealkylation sites (N-methyl/N-ethyl adjacent to an activating group) is 1. The smallest absolute Gasteiger partial charge is 0.190 e. The first kappa shape index (κ1) is 12.6. The van der Waals surface area contributed by atoms with E-state index in [9.17, 15) is 0 Å². The van der Waals surface area contributed by atoms with E-state index >= 15 is 0 Å². The van der Waals surface area contributed by atoms with Crippen LogP contribution in [0.1, 0.15) is 5.69 Å². The van der Waals surface area contributed by atoms with Crippen molar-refractivity contribution >= 4 is 17.5 Å². The molecule has 2 rings (SSSR count). The Morgan fingerprint density at radius 2 is 2.00 bits per heavy atom. The summed E-state index contributed by atoms with van der Waals surface area (Å²) in [6.07, 6.45) is 0. The summed E-state index contributed by atoms with van der Waals surface area (Å²) in [4.78, 5) is 9.16. The van der Waals surface area contributed by atoms with Gasteiger partial charge >= 0.3 is 0 Å². The SMILES string of the molecule is Cc1nc(N2CCN(C)CC2)ccc1NC(=N)N. The number of rotatable bonds is 2. The Bertz CT molecular complexity index is 436. The van der Waals surface area contributed by atoms with Crippen molar-refractivity contribution in [2.75, 3.05) is 43.4 Å². The van der Waals surface area contributed by atoms with E-state index in [1.807, 2.05) is 19.1 Å². The number of piperazine rings is 1. The minimum atomic E-state index is -0.0627. The molecule has 1 saturated heterocycles. The molecule has 1 aromatic heterocycles. The van der Waals surface area contributed by atoms with E-state index in [2.05, 4.69) is 27.1 Å². The molecule has 0 unspecified atom stereocenters. The third-order valence-corrected chi connectivity index (χ3v) is 3.17. The summed E-state index contributed by atoms with van der Waals surface area (Å²) < 4.78 is 0. The number of nitrogens with one attached hydrogen (secondary N) is 2. The van der Waals surface area contributed by atoms with Gasteiger partial charge in [-0.05, 0) is 26.1 Å². The number of hydrogen-bond acceptors (Lipinski definition) is 4. The van der Waals surface area contributed by atoms with Gasteiger partial charge in [-0.15, -0.1) is 0 Å². The third-order valence-electron chi connectivity index (χ3n) is 3.17. The van der Waals surface area contributed by atoms with Crippen molar-refractivity contribution in [3.05, 3.63) is 17.8 Å². The molecule has 0 atom stereocenters. The van der Waals surface area contributed by atoms with Gasteiger partial charge in [-0.25, -0.2) is 4.98 Å². The van der Waals surface area contributed by atoms with Gasteiger partial charge in [0.15, 0.2) is 5.96 Å². The maximum atomic E-state index is 7.22. The molecule has 1 aliphatic rings. The van der Waals surface area contributed by atoms with Crippen LogP contribution in [0.4, 0.5) is 11.5 Å². The first-order valence-corrected chi connectivity index (χ1v) is 6.08. The van der Waals surface area contributed by atoms with E-state index in [-0.39, 0.29) is 5.96 Å². The highest BCUT2D eigenvalue weighted by Gasteiger charge is 2.15. The van der Waals surface area contributed by atoms with Crippen molar-refractivity contribution in [1.29, 1.82) is 5.41 Å². The maximum Gasteiger partial charge on any atom is 0.190 e. The van der Waals surface area contributed by atoms with Crippen molar-refractivity contribution < 1.29 is 0 Å². The second-order valence-corrected chi connectivity index (χ2v) is 4.63. The van der Waals surface area contributed by atoms with Crippen LogP contribution < -0.4 is 16.0 Å². The molecule has 0 saturated carbocycles. The van der Waals surface area contributed by atoms with Crippen molar-refractivity contribution in [3.63, 3.8) is 0 Å². The number of nitrogens with two attached hydrogens (primary N) is 1. The average Bonchev–Trinajstić information content (AvgIpc) is 2.32. The van der Waals surface area contributed by atoms with Crippen LogP contribution in [0.25, 0.3) is 0 Å². The molecule has 18 heavy (non-hydrogen) atoms. The number of aromatic nitrogens is 1. The molecule has 1 aliphatic heterocycles. The van der Waals surface area contributed by atoms with E-state index in [1.165, 1.54) is 0 Å². The maximum absolute atomic E-state index is 7.22. The minimum absolute atomic E-state index is 0.0627. The van der Waals surface area contributed by atoms with Gasteiger partial charge in [0, 0.05) is 26.2 Å². The molecule has 6 nitrogen and oxygen atoms in total. The highest BCUT2D eigenvalue weighted by Crippen LogP contribution is 2.19. The van der Waals surface area contributed by atoms with E-state index in [0.717, 1.165) is 43.4 Å². The molecular formula is C12H20N6. The van der Waals surface area contributed by atoms with Gasteiger partial charge in [-0.1, -0.05) is 0 Å². The van der Waals surface area contributed by atoms with E-state index in [4.69, 9.17) is 11.1 Å². The first-order valence-electron chi connectivity index (χ1n) is 6.08. The fraction of sp³-hybridized carbons (Fsp3) is 0.500. The van der Waals surface area contributed by atoms with Gasteiger partial charge < -0.3 is 20.9 Å². The van der Waals surface area contributed by atoms with Crippen molar-refractivity contribution in [2.45, 2.75) is 6.92 Å². The molecule has 0 spiro atoms. The number of guanidine groups is 1. The van der Waals surface area contributed by atoms with Gasteiger partial charge in [0.2, 0.25) is 0 Å². The quantitative estimate of drug-likeness (QED) is 0.523. The zero-order chi connectivity index (χ0) is 13.1. The van der Waals surface area contributed by atoms with Gasteiger partial charge in [0.05, 0.1) is 11.4 Å². The second-order valence-electron chi connectivity index (χ2n) is 4.63. The summed E-state index contributed by atoms with van der Waals surface area (Å²) in [5, 5.41) is 10.0. The highest BCUT2D eigenvalue weighted by atomic mass is 15.3. The second kappa shape index (κ2) is 5.22. The van der Waals surface area contributed by atoms with Crippen LogP contribution in [0.15, 0.2) is 12.1 Å².